The molecule has 0 saturated carbocycles. The van der Waals surface area contributed by atoms with Crippen molar-refractivity contribution in [3.05, 3.63) is 35.4 Å². The van der Waals surface area contributed by atoms with Crippen LogP contribution in [0.4, 0.5) is 0 Å². The van der Waals surface area contributed by atoms with Gasteiger partial charge in [-0.25, -0.2) is 0 Å². The lowest BCUT2D eigenvalue weighted by atomic mass is 10.00. The molecule has 0 aromatic heterocycles. The predicted molar refractivity (Wildman–Crippen MR) is 100 cm³/mol. The molecule has 2 rings (SSSR count). The zero-order valence-corrected chi connectivity index (χ0v) is 15.4. The van der Waals surface area contributed by atoms with E-state index >= 15 is 0 Å². The molecule has 0 aliphatic carbocycles. The third kappa shape index (κ3) is 5.16. The SMILES string of the molecule is Cc1cccc(C(C)CN=C(N)N2CCSCC2)c1.I. The maximum absolute atomic E-state index is 6.07. The van der Waals surface area contributed by atoms with E-state index in [4.69, 9.17) is 5.73 Å². The zero-order valence-electron chi connectivity index (χ0n) is 12.2. The van der Waals surface area contributed by atoms with Crippen LogP contribution in [0.15, 0.2) is 29.3 Å². The molecule has 1 unspecified atom stereocenters. The third-order valence-electron chi connectivity index (χ3n) is 3.47. The maximum Gasteiger partial charge on any atom is 0.191 e. The van der Waals surface area contributed by atoms with Crippen LogP contribution in [0.25, 0.3) is 0 Å². The number of aryl methyl sites for hydroxylation is 1. The molecule has 20 heavy (non-hydrogen) atoms. The van der Waals surface area contributed by atoms with Gasteiger partial charge in [-0.2, -0.15) is 11.8 Å². The minimum atomic E-state index is 0. The highest BCUT2D eigenvalue weighted by atomic mass is 127. The summed E-state index contributed by atoms with van der Waals surface area (Å²) in [6, 6.07) is 8.63. The Balaban J connectivity index is 0.00000200. The average molecular weight is 405 g/mol. The van der Waals surface area contributed by atoms with Crippen molar-refractivity contribution in [2.75, 3.05) is 31.1 Å². The fraction of sp³-hybridized carbons (Fsp3) is 0.533. The number of hydrogen-bond acceptors (Lipinski definition) is 2. The quantitative estimate of drug-likeness (QED) is 0.478. The van der Waals surface area contributed by atoms with E-state index < -0.39 is 0 Å². The van der Waals surface area contributed by atoms with Crippen molar-refractivity contribution in [3.63, 3.8) is 0 Å². The molecule has 1 aromatic rings. The summed E-state index contributed by atoms with van der Waals surface area (Å²) in [7, 11) is 0. The molecule has 0 amide bonds. The van der Waals surface area contributed by atoms with Crippen molar-refractivity contribution >= 4 is 41.7 Å². The van der Waals surface area contributed by atoms with Crippen LogP contribution in [0.1, 0.15) is 24.0 Å². The first-order valence-electron chi connectivity index (χ1n) is 6.86. The number of nitrogens with zero attached hydrogens (tertiary/aromatic N) is 2. The van der Waals surface area contributed by atoms with Gasteiger partial charge in [-0.3, -0.25) is 4.99 Å². The zero-order chi connectivity index (χ0) is 13.7. The monoisotopic (exact) mass is 405 g/mol. The van der Waals surface area contributed by atoms with Crippen LogP contribution in [0.5, 0.6) is 0 Å². The van der Waals surface area contributed by atoms with Gasteiger partial charge in [0.2, 0.25) is 0 Å². The maximum atomic E-state index is 6.07. The molecule has 1 aromatic carbocycles. The first-order chi connectivity index (χ1) is 9.16. The number of nitrogens with two attached hydrogens (primary N) is 1. The molecule has 1 atom stereocenters. The number of aliphatic imine (C=N–C) groups is 1. The van der Waals surface area contributed by atoms with Crippen molar-refractivity contribution in [1.29, 1.82) is 0 Å². The van der Waals surface area contributed by atoms with Gasteiger partial charge in [0.15, 0.2) is 5.96 Å². The van der Waals surface area contributed by atoms with Crippen LogP contribution < -0.4 is 5.73 Å². The Bertz CT molecular complexity index is 444. The second kappa shape index (κ2) is 8.77. The van der Waals surface area contributed by atoms with Gasteiger partial charge in [-0.1, -0.05) is 36.8 Å². The lowest BCUT2D eigenvalue weighted by Gasteiger charge is -2.27. The highest BCUT2D eigenvalue weighted by Gasteiger charge is 2.12. The topological polar surface area (TPSA) is 41.6 Å². The number of guanidine groups is 1. The van der Waals surface area contributed by atoms with Crippen LogP contribution in [0.3, 0.4) is 0 Å². The normalized spacial score (nSPS) is 17.5. The summed E-state index contributed by atoms with van der Waals surface area (Å²) < 4.78 is 0. The van der Waals surface area contributed by atoms with E-state index in [9.17, 15) is 0 Å². The minimum absolute atomic E-state index is 0. The molecule has 0 radical (unpaired) electrons. The molecule has 5 heteroatoms. The first-order valence-corrected chi connectivity index (χ1v) is 8.01. The van der Waals surface area contributed by atoms with Crippen LogP contribution in [-0.4, -0.2) is 42.0 Å². The fourth-order valence-corrected chi connectivity index (χ4v) is 3.11. The Hall–Kier alpha value is -0.430. The highest BCUT2D eigenvalue weighted by Crippen LogP contribution is 2.17. The van der Waals surface area contributed by atoms with E-state index in [2.05, 4.69) is 48.0 Å². The molecule has 112 valence electrons. The van der Waals surface area contributed by atoms with Crippen molar-refractivity contribution in [2.24, 2.45) is 10.7 Å². The smallest absolute Gasteiger partial charge is 0.191 e. The highest BCUT2D eigenvalue weighted by molar-refractivity contribution is 14.0. The Kier molecular flexibility index (Phi) is 7.72. The fourth-order valence-electron chi connectivity index (χ4n) is 2.20. The van der Waals surface area contributed by atoms with E-state index in [0.29, 0.717) is 11.9 Å². The summed E-state index contributed by atoms with van der Waals surface area (Å²) in [5.41, 5.74) is 8.71. The van der Waals surface area contributed by atoms with E-state index in [-0.39, 0.29) is 24.0 Å². The average Bonchev–Trinajstić information content (AvgIpc) is 2.45. The Morgan fingerprint density at radius 3 is 2.75 bits per heavy atom. The summed E-state index contributed by atoms with van der Waals surface area (Å²) >= 11 is 1.99. The van der Waals surface area contributed by atoms with Crippen LogP contribution in [0, 0.1) is 6.92 Å². The Morgan fingerprint density at radius 2 is 2.10 bits per heavy atom. The molecule has 0 spiro atoms. The molecular formula is C15H24IN3S. The first kappa shape index (κ1) is 17.6. The molecule has 2 N–H and O–H groups in total. The Morgan fingerprint density at radius 1 is 1.40 bits per heavy atom. The Labute approximate surface area is 143 Å². The summed E-state index contributed by atoms with van der Waals surface area (Å²) in [4.78, 5) is 6.76. The largest absolute Gasteiger partial charge is 0.370 e. The van der Waals surface area contributed by atoms with Crippen molar-refractivity contribution in [2.45, 2.75) is 19.8 Å². The van der Waals surface area contributed by atoms with Crippen molar-refractivity contribution < 1.29 is 0 Å². The lowest BCUT2D eigenvalue weighted by molar-refractivity contribution is 0.455. The van der Waals surface area contributed by atoms with Gasteiger partial charge < -0.3 is 10.6 Å². The number of benzene rings is 1. The van der Waals surface area contributed by atoms with E-state index in [1.54, 1.807) is 0 Å². The van der Waals surface area contributed by atoms with Crippen LogP contribution >= 0.6 is 35.7 Å². The van der Waals surface area contributed by atoms with Crippen LogP contribution in [0.2, 0.25) is 0 Å². The number of rotatable bonds is 3. The second-order valence-electron chi connectivity index (χ2n) is 5.11. The van der Waals surface area contributed by atoms with Gasteiger partial charge in [0.05, 0.1) is 0 Å². The van der Waals surface area contributed by atoms with E-state index in [0.717, 1.165) is 31.1 Å². The van der Waals surface area contributed by atoms with Gasteiger partial charge in [0.1, 0.15) is 0 Å². The van der Waals surface area contributed by atoms with Crippen molar-refractivity contribution in [1.82, 2.24) is 4.90 Å². The van der Waals surface area contributed by atoms with Gasteiger partial charge in [-0.05, 0) is 12.5 Å². The van der Waals surface area contributed by atoms with Gasteiger partial charge in [0.25, 0.3) is 0 Å². The molecule has 3 nitrogen and oxygen atoms in total. The van der Waals surface area contributed by atoms with Crippen LogP contribution in [-0.2, 0) is 0 Å². The summed E-state index contributed by atoms with van der Waals surface area (Å²) in [5, 5.41) is 0. The summed E-state index contributed by atoms with van der Waals surface area (Å²) in [6.45, 7) is 7.15. The molecular weight excluding hydrogens is 381 g/mol. The van der Waals surface area contributed by atoms with Gasteiger partial charge in [-0.15, -0.1) is 24.0 Å². The number of halogens is 1. The molecule has 1 fully saturated rings. The number of thioether (sulfide) groups is 1. The predicted octanol–water partition coefficient (Wildman–Crippen LogP) is 3.08. The standard InChI is InChI=1S/C15H23N3S.HI/c1-12-4-3-5-14(10-12)13(2)11-17-15(16)18-6-8-19-9-7-18;/h3-5,10,13H,6-9,11H2,1-2H3,(H2,16,17);1H. The molecule has 1 saturated heterocycles. The van der Waals surface area contributed by atoms with Crippen molar-refractivity contribution in [3.8, 4) is 0 Å². The van der Waals surface area contributed by atoms with Gasteiger partial charge >= 0.3 is 0 Å². The molecule has 1 aliphatic rings. The molecule has 1 heterocycles. The van der Waals surface area contributed by atoms with E-state index in [1.165, 1.54) is 11.1 Å². The summed E-state index contributed by atoms with van der Waals surface area (Å²) in [6.07, 6.45) is 0. The summed E-state index contributed by atoms with van der Waals surface area (Å²) in [5.74, 6) is 3.44. The molecule has 0 bridgehead atoms. The third-order valence-corrected chi connectivity index (χ3v) is 4.42. The molecule has 1 aliphatic heterocycles. The second-order valence-corrected chi connectivity index (χ2v) is 6.34. The number of hydrogen-bond donors (Lipinski definition) is 1. The lowest BCUT2D eigenvalue weighted by Crippen LogP contribution is -2.42. The van der Waals surface area contributed by atoms with E-state index in [1.807, 2.05) is 11.8 Å². The van der Waals surface area contributed by atoms with Gasteiger partial charge in [0, 0.05) is 37.1 Å². The minimum Gasteiger partial charge on any atom is -0.370 e.